The van der Waals surface area contributed by atoms with Gasteiger partial charge < -0.3 is 9.64 Å². The average Bonchev–Trinajstić information content (AvgIpc) is 2.50. The van der Waals surface area contributed by atoms with Crippen LogP contribution >= 0.6 is 15.9 Å². The SMILES string of the molecule is CCOC(=O)N1CCC(NS(=O)(=O)c2cc(Br)ccc2C)CC1. The third-order valence-electron chi connectivity index (χ3n) is 3.78. The molecule has 0 saturated carbocycles. The molecule has 1 aliphatic rings. The van der Waals surface area contributed by atoms with E-state index in [2.05, 4.69) is 20.7 Å². The summed E-state index contributed by atoms with van der Waals surface area (Å²) in [6, 6.07) is 5.00. The van der Waals surface area contributed by atoms with Crippen molar-refractivity contribution in [1.82, 2.24) is 9.62 Å². The van der Waals surface area contributed by atoms with Crippen molar-refractivity contribution in [3.63, 3.8) is 0 Å². The summed E-state index contributed by atoms with van der Waals surface area (Å²) in [6.07, 6.45) is 0.813. The number of nitrogens with zero attached hydrogens (tertiary/aromatic N) is 1. The highest BCUT2D eigenvalue weighted by atomic mass is 79.9. The maximum Gasteiger partial charge on any atom is 0.409 e. The molecule has 0 unspecified atom stereocenters. The molecule has 1 aliphatic heterocycles. The molecule has 1 saturated heterocycles. The maximum atomic E-state index is 12.6. The zero-order valence-electron chi connectivity index (χ0n) is 13.2. The van der Waals surface area contributed by atoms with Crippen LogP contribution in [0.3, 0.4) is 0 Å². The van der Waals surface area contributed by atoms with Gasteiger partial charge in [-0.15, -0.1) is 0 Å². The van der Waals surface area contributed by atoms with E-state index < -0.39 is 10.0 Å². The van der Waals surface area contributed by atoms with Gasteiger partial charge in [-0.25, -0.2) is 17.9 Å². The topological polar surface area (TPSA) is 75.7 Å². The van der Waals surface area contributed by atoms with Crippen molar-refractivity contribution in [1.29, 1.82) is 0 Å². The van der Waals surface area contributed by atoms with Crippen molar-refractivity contribution in [2.45, 2.75) is 37.6 Å². The fourth-order valence-electron chi connectivity index (χ4n) is 2.54. The summed E-state index contributed by atoms with van der Waals surface area (Å²) >= 11 is 3.30. The third-order valence-corrected chi connectivity index (χ3v) is 5.94. The minimum absolute atomic E-state index is 0.177. The maximum absolute atomic E-state index is 12.6. The summed E-state index contributed by atoms with van der Waals surface area (Å²) in [6.45, 7) is 4.85. The molecule has 8 heteroatoms. The lowest BCUT2D eigenvalue weighted by molar-refractivity contribution is 0.0966. The van der Waals surface area contributed by atoms with Gasteiger partial charge in [-0.3, -0.25) is 0 Å². The van der Waals surface area contributed by atoms with Gasteiger partial charge in [-0.05, 0) is 44.4 Å². The number of halogens is 1. The molecule has 0 spiro atoms. The van der Waals surface area contributed by atoms with E-state index in [0.29, 0.717) is 38.1 Å². The first-order chi connectivity index (χ1) is 10.8. The van der Waals surface area contributed by atoms with Crippen LogP contribution in [0.5, 0.6) is 0 Å². The Bertz CT molecular complexity index is 670. The molecule has 1 N–H and O–H groups in total. The molecule has 1 aromatic rings. The number of likely N-dealkylation sites (tertiary alicyclic amines) is 1. The van der Waals surface area contributed by atoms with Crippen molar-refractivity contribution in [2.24, 2.45) is 0 Å². The molecule has 0 bridgehead atoms. The van der Waals surface area contributed by atoms with Gasteiger partial charge in [0.25, 0.3) is 0 Å². The number of hydrogen-bond donors (Lipinski definition) is 1. The van der Waals surface area contributed by atoms with Gasteiger partial charge in [-0.1, -0.05) is 22.0 Å². The lowest BCUT2D eigenvalue weighted by Crippen LogP contribution is -2.46. The summed E-state index contributed by atoms with van der Waals surface area (Å²) in [7, 11) is -3.58. The van der Waals surface area contributed by atoms with E-state index in [-0.39, 0.29) is 17.0 Å². The minimum Gasteiger partial charge on any atom is -0.450 e. The third kappa shape index (κ3) is 4.68. The quantitative estimate of drug-likeness (QED) is 0.836. The number of benzene rings is 1. The highest BCUT2D eigenvalue weighted by Gasteiger charge is 2.27. The van der Waals surface area contributed by atoms with Gasteiger partial charge in [-0.2, -0.15) is 0 Å². The van der Waals surface area contributed by atoms with Crippen molar-refractivity contribution in [3.05, 3.63) is 28.2 Å². The Kier molecular flexibility index (Phi) is 6.05. The first-order valence-electron chi connectivity index (χ1n) is 7.53. The molecule has 128 valence electrons. The van der Waals surface area contributed by atoms with Crippen LogP contribution in [0, 0.1) is 6.92 Å². The second-order valence-corrected chi connectivity index (χ2v) is 8.09. The molecule has 1 fully saturated rings. The van der Waals surface area contributed by atoms with Crippen molar-refractivity contribution in [2.75, 3.05) is 19.7 Å². The predicted octanol–water partition coefficient (Wildman–Crippen LogP) is 2.66. The number of aryl methyl sites for hydroxylation is 1. The Labute approximate surface area is 145 Å². The molecule has 6 nitrogen and oxygen atoms in total. The van der Waals surface area contributed by atoms with Crippen LogP contribution in [0.15, 0.2) is 27.6 Å². The molecule has 1 heterocycles. The largest absolute Gasteiger partial charge is 0.450 e. The Morgan fingerprint density at radius 3 is 2.65 bits per heavy atom. The van der Waals surface area contributed by atoms with E-state index in [4.69, 9.17) is 4.74 Å². The normalized spacial score (nSPS) is 16.4. The Balaban J connectivity index is 2.00. The summed E-state index contributed by atoms with van der Waals surface area (Å²) in [5.41, 5.74) is 0.699. The van der Waals surface area contributed by atoms with E-state index in [9.17, 15) is 13.2 Å². The number of carbonyl (C=O) groups excluding carboxylic acids is 1. The van der Waals surface area contributed by atoms with Gasteiger partial charge >= 0.3 is 6.09 Å². The second kappa shape index (κ2) is 7.63. The minimum atomic E-state index is -3.58. The average molecular weight is 405 g/mol. The summed E-state index contributed by atoms with van der Waals surface area (Å²) < 4.78 is 33.5. The summed E-state index contributed by atoms with van der Waals surface area (Å²) in [5, 5.41) is 0. The number of carbonyl (C=O) groups is 1. The molecule has 1 amide bonds. The van der Waals surface area contributed by atoms with Crippen LogP contribution in [0.1, 0.15) is 25.3 Å². The Hall–Kier alpha value is -1.12. The smallest absolute Gasteiger partial charge is 0.409 e. The second-order valence-electron chi connectivity index (χ2n) is 5.49. The van der Waals surface area contributed by atoms with Crippen molar-refractivity contribution in [3.8, 4) is 0 Å². The first kappa shape index (κ1) is 18.2. The van der Waals surface area contributed by atoms with E-state index in [1.54, 1.807) is 30.9 Å². The van der Waals surface area contributed by atoms with E-state index in [1.165, 1.54) is 0 Å². The van der Waals surface area contributed by atoms with Crippen molar-refractivity contribution >= 4 is 32.0 Å². The Morgan fingerprint density at radius 2 is 2.04 bits per heavy atom. The van der Waals surface area contributed by atoms with Gasteiger partial charge in [0.2, 0.25) is 10.0 Å². The van der Waals surface area contributed by atoms with Crippen molar-refractivity contribution < 1.29 is 17.9 Å². The van der Waals surface area contributed by atoms with E-state index >= 15 is 0 Å². The van der Waals surface area contributed by atoms with Crippen LogP contribution in [0.4, 0.5) is 4.79 Å². The number of rotatable bonds is 4. The number of sulfonamides is 1. The molecule has 23 heavy (non-hydrogen) atoms. The van der Waals surface area contributed by atoms with Gasteiger partial charge in [0.15, 0.2) is 0 Å². The fourth-order valence-corrected chi connectivity index (χ4v) is 4.63. The van der Waals surface area contributed by atoms with E-state index in [0.717, 1.165) is 4.47 Å². The molecule has 0 aromatic heterocycles. The lowest BCUT2D eigenvalue weighted by atomic mass is 10.1. The highest BCUT2D eigenvalue weighted by molar-refractivity contribution is 9.10. The standard InChI is InChI=1S/C15H21BrN2O4S/c1-3-22-15(19)18-8-6-13(7-9-18)17-23(20,21)14-10-12(16)5-4-11(14)2/h4-5,10,13,17H,3,6-9H2,1-2H3. The van der Waals surface area contributed by atoms with Crippen LogP contribution in [0.2, 0.25) is 0 Å². The zero-order valence-corrected chi connectivity index (χ0v) is 15.6. The lowest BCUT2D eigenvalue weighted by Gasteiger charge is -2.31. The molecule has 1 aromatic carbocycles. The molecule has 0 radical (unpaired) electrons. The van der Waals surface area contributed by atoms with E-state index in [1.807, 2.05) is 6.07 Å². The summed E-state index contributed by atoms with van der Waals surface area (Å²) in [5.74, 6) is 0. The summed E-state index contributed by atoms with van der Waals surface area (Å²) in [4.78, 5) is 13.5. The van der Waals surface area contributed by atoms with Crippen LogP contribution in [0.25, 0.3) is 0 Å². The zero-order chi connectivity index (χ0) is 17.0. The predicted molar refractivity (Wildman–Crippen MR) is 90.8 cm³/mol. The number of nitrogens with one attached hydrogen (secondary N) is 1. The molecule has 2 rings (SSSR count). The van der Waals surface area contributed by atoms with Gasteiger partial charge in [0.1, 0.15) is 0 Å². The van der Waals surface area contributed by atoms with Gasteiger partial charge in [0, 0.05) is 23.6 Å². The van der Waals surface area contributed by atoms with Crippen LogP contribution < -0.4 is 4.72 Å². The molecular weight excluding hydrogens is 384 g/mol. The number of piperidine rings is 1. The fraction of sp³-hybridized carbons (Fsp3) is 0.533. The molecule has 0 aliphatic carbocycles. The monoisotopic (exact) mass is 404 g/mol. The molecular formula is C15H21BrN2O4S. The first-order valence-corrected chi connectivity index (χ1v) is 9.81. The molecule has 0 atom stereocenters. The number of amides is 1. The van der Waals surface area contributed by atoms with Crippen LogP contribution in [-0.2, 0) is 14.8 Å². The number of ether oxygens (including phenoxy) is 1. The Morgan fingerprint density at radius 1 is 1.39 bits per heavy atom. The number of hydrogen-bond acceptors (Lipinski definition) is 4. The van der Waals surface area contributed by atoms with Gasteiger partial charge in [0.05, 0.1) is 11.5 Å². The van der Waals surface area contributed by atoms with Crippen LogP contribution in [-0.4, -0.2) is 45.1 Å². The highest BCUT2D eigenvalue weighted by Crippen LogP contribution is 2.22.